The Hall–Kier alpha value is -2.05. The van der Waals surface area contributed by atoms with E-state index in [1.54, 1.807) is 0 Å². The highest BCUT2D eigenvalue weighted by Gasteiger charge is 2.33. The highest BCUT2D eigenvalue weighted by Crippen LogP contribution is 2.30. The van der Waals surface area contributed by atoms with Crippen molar-refractivity contribution in [2.45, 2.75) is 31.5 Å². The molecular weight excluding hydrogens is 299 g/mol. The lowest BCUT2D eigenvalue weighted by Crippen LogP contribution is -2.37. The minimum Gasteiger partial charge on any atom is -0.469 e. The molecule has 0 aromatic heterocycles. The average Bonchev–Trinajstić information content (AvgIpc) is 2.93. The quantitative estimate of drug-likeness (QED) is 0.806. The van der Waals surface area contributed by atoms with Crippen molar-refractivity contribution < 1.29 is 27.5 Å². The molecule has 1 saturated heterocycles. The van der Waals surface area contributed by atoms with Gasteiger partial charge < -0.3 is 9.64 Å². The summed E-state index contributed by atoms with van der Waals surface area (Å²) in [5, 5.41) is 0. The number of benzene rings is 1. The molecule has 120 valence electrons. The van der Waals surface area contributed by atoms with Crippen LogP contribution in [0.15, 0.2) is 24.3 Å². The third-order valence-electron chi connectivity index (χ3n) is 3.73. The minimum absolute atomic E-state index is 0.100. The minimum atomic E-state index is -4.43. The number of hydrogen-bond acceptors (Lipinski definition) is 3. The van der Waals surface area contributed by atoms with Gasteiger partial charge in [-0.25, -0.2) is 0 Å². The maximum absolute atomic E-state index is 12.5. The first-order valence-corrected chi connectivity index (χ1v) is 6.88. The van der Waals surface area contributed by atoms with Crippen molar-refractivity contribution in [2.75, 3.05) is 13.7 Å². The zero-order valence-electron chi connectivity index (χ0n) is 12.0. The average molecular weight is 315 g/mol. The molecule has 0 unspecified atom stereocenters. The Balaban J connectivity index is 2.11. The lowest BCUT2D eigenvalue weighted by Gasteiger charge is -2.24. The van der Waals surface area contributed by atoms with Gasteiger partial charge in [0.1, 0.15) is 0 Å². The topological polar surface area (TPSA) is 46.6 Å². The van der Waals surface area contributed by atoms with Gasteiger partial charge in [0.25, 0.3) is 5.91 Å². The number of rotatable bonds is 3. The number of carbonyl (C=O) groups is 2. The smallest absolute Gasteiger partial charge is 0.416 e. The van der Waals surface area contributed by atoms with E-state index < -0.39 is 17.7 Å². The molecule has 1 fully saturated rings. The predicted molar refractivity (Wildman–Crippen MR) is 72.1 cm³/mol. The molecule has 0 N–H and O–H groups in total. The Kier molecular flexibility index (Phi) is 4.73. The molecule has 1 aliphatic heterocycles. The Morgan fingerprint density at radius 3 is 2.45 bits per heavy atom. The number of likely N-dealkylation sites (tertiary alicyclic amines) is 1. The Morgan fingerprint density at radius 1 is 1.27 bits per heavy atom. The Morgan fingerprint density at radius 2 is 1.91 bits per heavy atom. The molecule has 0 spiro atoms. The van der Waals surface area contributed by atoms with Gasteiger partial charge in [-0.2, -0.15) is 13.2 Å². The fourth-order valence-corrected chi connectivity index (χ4v) is 2.56. The first kappa shape index (κ1) is 16.3. The molecule has 0 bridgehead atoms. The zero-order valence-corrected chi connectivity index (χ0v) is 12.0. The van der Waals surface area contributed by atoms with Crippen LogP contribution in [0.25, 0.3) is 0 Å². The summed E-state index contributed by atoms with van der Waals surface area (Å²) in [6.45, 7) is 0.488. The van der Waals surface area contributed by atoms with Gasteiger partial charge in [-0.15, -0.1) is 0 Å². The van der Waals surface area contributed by atoms with E-state index in [2.05, 4.69) is 4.74 Å². The molecule has 7 heteroatoms. The largest absolute Gasteiger partial charge is 0.469 e. The van der Waals surface area contributed by atoms with E-state index in [4.69, 9.17) is 0 Å². The number of hydrogen-bond donors (Lipinski definition) is 0. The molecule has 1 aromatic rings. The number of alkyl halides is 3. The highest BCUT2D eigenvalue weighted by atomic mass is 19.4. The number of carbonyl (C=O) groups excluding carboxylic acids is 2. The zero-order chi connectivity index (χ0) is 16.3. The van der Waals surface area contributed by atoms with Gasteiger partial charge >= 0.3 is 12.1 Å². The van der Waals surface area contributed by atoms with Gasteiger partial charge in [0, 0.05) is 18.2 Å². The molecule has 1 heterocycles. The van der Waals surface area contributed by atoms with Gasteiger partial charge in [-0.3, -0.25) is 9.59 Å². The summed E-state index contributed by atoms with van der Waals surface area (Å²) in [5.41, 5.74) is -0.610. The summed E-state index contributed by atoms with van der Waals surface area (Å²) in [5.74, 6) is -0.766. The molecule has 0 saturated carbocycles. The molecule has 2 rings (SSSR count). The highest BCUT2D eigenvalue weighted by molar-refractivity contribution is 5.95. The van der Waals surface area contributed by atoms with Gasteiger partial charge in [-0.1, -0.05) is 0 Å². The van der Waals surface area contributed by atoms with Crippen LogP contribution in [0.1, 0.15) is 35.2 Å². The maximum Gasteiger partial charge on any atom is 0.416 e. The van der Waals surface area contributed by atoms with Crippen LogP contribution in [0, 0.1) is 0 Å². The van der Waals surface area contributed by atoms with Gasteiger partial charge in [0.15, 0.2) is 0 Å². The Labute approximate surface area is 125 Å². The van der Waals surface area contributed by atoms with Crippen LogP contribution in [-0.2, 0) is 15.7 Å². The van der Waals surface area contributed by atoms with Crippen LogP contribution in [-0.4, -0.2) is 36.5 Å². The summed E-state index contributed by atoms with van der Waals surface area (Å²) in [7, 11) is 1.28. The van der Waals surface area contributed by atoms with E-state index in [9.17, 15) is 22.8 Å². The number of halogens is 3. The number of amides is 1. The van der Waals surface area contributed by atoms with Gasteiger partial charge in [-0.05, 0) is 37.1 Å². The molecule has 1 amide bonds. The maximum atomic E-state index is 12.5. The summed E-state index contributed by atoms with van der Waals surface area (Å²) in [6.07, 6.45) is -2.89. The van der Waals surface area contributed by atoms with Crippen LogP contribution in [0.2, 0.25) is 0 Å². The summed E-state index contributed by atoms with van der Waals surface area (Å²) in [6, 6.07) is 3.84. The lowest BCUT2D eigenvalue weighted by molar-refractivity contribution is -0.141. The third-order valence-corrected chi connectivity index (χ3v) is 3.73. The van der Waals surface area contributed by atoms with E-state index in [0.717, 1.165) is 18.6 Å². The molecule has 1 aliphatic rings. The van der Waals surface area contributed by atoms with Crippen molar-refractivity contribution in [1.82, 2.24) is 4.90 Å². The fraction of sp³-hybridized carbons (Fsp3) is 0.467. The van der Waals surface area contributed by atoms with Crippen LogP contribution in [0.3, 0.4) is 0 Å². The normalized spacial score (nSPS) is 18.4. The standard InChI is InChI=1S/C15H16F3NO3/c1-22-13(20)9-12-3-2-8-19(12)14(21)10-4-6-11(7-5-10)15(16,17)18/h4-7,12H,2-3,8-9H2,1H3/t12-/m1/s1. The number of ether oxygens (including phenoxy) is 1. The first-order valence-electron chi connectivity index (χ1n) is 6.88. The summed E-state index contributed by atoms with van der Waals surface area (Å²) in [4.78, 5) is 25.3. The van der Waals surface area contributed by atoms with Crippen molar-refractivity contribution in [3.63, 3.8) is 0 Å². The molecule has 0 radical (unpaired) electrons. The summed E-state index contributed by atoms with van der Waals surface area (Å²) < 4.78 is 42.2. The molecule has 1 aromatic carbocycles. The monoisotopic (exact) mass is 315 g/mol. The molecule has 4 nitrogen and oxygen atoms in total. The van der Waals surface area contributed by atoms with Crippen LogP contribution >= 0.6 is 0 Å². The van der Waals surface area contributed by atoms with Crippen molar-refractivity contribution in [1.29, 1.82) is 0 Å². The second-order valence-corrected chi connectivity index (χ2v) is 5.15. The molecular formula is C15H16F3NO3. The number of nitrogens with zero attached hydrogens (tertiary/aromatic N) is 1. The Bertz CT molecular complexity index is 554. The van der Waals surface area contributed by atoms with E-state index in [1.165, 1.54) is 24.1 Å². The fourth-order valence-electron chi connectivity index (χ4n) is 2.56. The van der Waals surface area contributed by atoms with Crippen LogP contribution in [0.5, 0.6) is 0 Å². The first-order chi connectivity index (χ1) is 10.3. The molecule has 0 aliphatic carbocycles. The van der Waals surface area contributed by atoms with Crippen LogP contribution in [0.4, 0.5) is 13.2 Å². The third kappa shape index (κ3) is 3.58. The van der Waals surface area contributed by atoms with E-state index in [0.29, 0.717) is 13.0 Å². The summed E-state index contributed by atoms with van der Waals surface area (Å²) >= 11 is 0. The second kappa shape index (κ2) is 6.37. The van der Waals surface area contributed by atoms with Crippen molar-refractivity contribution in [3.8, 4) is 0 Å². The second-order valence-electron chi connectivity index (χ2n) is 5.15. The number of methoxy groups -OCH3 is 1. The van der Waals surface area contributed by atoms with E-state index in [1.807, 2.05) is 0 Å². The number of esters is 1. The van der Waals surface area contributed by atoms with E-state index >= 15 is 0 Å². The molecule has 22 heavy (non-hydrogen) atoms. The van der Waals surface area contributed by atoms with Gasteiger partial charge in [0.05, 0.1) is 19.1 Å². The van der Waals surface area contributed by atoms with Crippen LogP contribution < -0.4 is 0 Å². The van der Waals surface area contributed by atoms with Crippen molar-refractivity contribution in [3.05, 3.63) is 35.4 Å². The predicted octanol–water partition coefficient (Wildman–Crippen LogP) is 2.87. The van der Waals surface area contributed by atoms with E-state index in [-0.39, 0.29) is 23.9 Å². The van der Waals surface area contributed by atoms with Crippen molar-refractivity contribution >= 4 is 11.9 Å². The lowest BCUT2D eigenvalue weighted by atomic mass is 10.1. The van der Waals surface area contributed by atoms with Crippen molar-refractivity contribution in [2.24, 2.45) is 0 Å². The van der Waals surface area contributed by atoms with Gasteiger partial charge in [0.2, 0.25) is 0 Å². The SMILES string of the molecule is COC(=O)C[C@H]1CCCN1C(=O)c1ccc(C(F)(F)F)cc1. The molecule has 1 atom stereocenters.